The monoisotopic (exact) mass is 243 g/mol. The molecule has 1 N–H and O–H groups in total. The van der Waals surface area contributed by atoms with E-state index >= 15 is 0 Å². The largest absolute Gasteiger partial charge is 0.313 e. The molecule has 0 radical (unpaired) electrons. The Kier molecular flexibility index (Phi) is 4.65. The first-order chi connectivity index (χ1) is 8.38. The molecule has 2 aromatic carbocycles. The van der Waals surface area contributed by atoms with Crippen molar-refractivity contribution in [1.29, 1.82) is 0 Å². The lowest BCUT2D eigenvalue weighted by Crippen LogP contribution is -2.11. The van der Waals surface area contributed by atoms with Gasteiger partial charge in [-0.05, 0) is 36.4 Å². The lowest BCUT2D eigenvalue weighted by Gasteiger charge is -2.04. The molecule has 0 saturated heterocycles. The predicted molar refractivity (Wildman–Crippen MR) is 74.4 cm³/mol. The molecule has 0 aromatic heterocycles. The Labute approximate surface area is 107 Å². The Morgan fingerprint density at radius 3 is 2.18 bits per heavy atom. The van der Waals surface area contributed by atoms with Crippen LogP contribution < -0.4 is 5.32 Å². The molecular weight excluding hydrogens is 226 g/mol. The molecule has 2 heteroatoms. The predicted octanol–water partition coefficient (Wildman–Crippen LogP) is 3.95. The molecule has 88 valence electrons. The van der Waals surface area contributed by atoms with Crippen LogP contribution >= 0.6 is 11.8 Å². The summed E-state index contributed by atoms with van der Waals surface area (Å²) >= 11 is 1.80. The Bertz CT molecular complexity index is 436. The van der Waals surface area contributed by atoms with Gasteiger partial charge in [-0.2, -0.15) is 0 Å². The van der Waals surface area contributed by atoms with Gasteiger partial charge in [0.25, 0.3) is 0 Å². The van der Waals surface area contributed by atoms with Gasteiger partial charge in [0.15, 0.2) is 0 Å². The second kappa shape index (κ2) is 6.48. The lowest BCUT2D eigenvalue weighted by atomic mass is 10.2. The van der Waals surface area contributed by atoms with E-state index in [9.17, 15) is 0 Å². The van der Waals surface area contributed by atoms with Gasteiger partial charge in [0.1, 0.15) is 0 Å². The minimum Gasteiger partial charge on any atom is -0.313 e. The van der Waals surface area contributed by atoms with Crippen molar-refractivity contribution in [3.05, 3.63) is 60.2 Å². The van der Waals surface area contributed by atoms with Crippen LogP contribution in [0.3, 0.4) is 0 Å². The van der Waals surface area contributed by atoms with E-state index in [0.29, 0.717) is 0 Å². The van der Waals surface area contributed by atoms with Crippen LogP contribution in [0.5, 0.6) is 0 Å². The SMILES string of the molecule is CCNCc1ccc(Sc2ccccc2)cc1. The van der Waals surface area contributed by atoms with Crippen LogP contribution in [0.2, 0.25) is 0 Å². The number of rotatable bonds is 5. The van der Waals surface area contributed by atoms with Gasteiger partial charge in [-0.3, -0.25) is 0 Å². The zero-order valence-corrected chi connectivity index (χ0v) is 10.8. The van der Waals surface area contributed by atoms with E-state index in [0.717, 1.165) is 13.1 Å². The highest BCUT2D eigenvalue weighted by Gasteiger charge is 1.97. The summed E-state index contributed by atoms with van der Waals surface area (Å²) < 4.78 is 0. The average Bonchev–Trinajstić information content (AvgIpc) is 2.39. The fraction of sp³-hybridized carbons (Fsp3) is 0.200. The number of hydrogen-bond acceptors (Lipinski definition) is 2. The second-order valence-corrected chi connectivity index (χ2v) is 4.99. The van der Waals surface area contributed by atoms with E-state index in [1.165, 1.54) is 15.4 Å². The molecule has 0 unspecified atom stereocenters. The first-order valence-electron chi connectivity index (χ1n) is 5.91. The summed E-state index contributed by atoms with van der Waals surface area (Å²) in [4.78, 5) is 2.57. The molecule has 0 spiro atoms. The summed E-state index contributed by atoms with van der Waals surface area (Å²) in [5.41, 5.74) is 1.34. The second-order valence-electron chi connectivity index (χ2n) is 3.84. The van der Waals surface area contributed by atoms with Gasteiger partial charge in [-0.25, -0.2) is 0 Å². The zero-order chi connectivity index (χ0) is 11.9. The van der Waals surface area contributed by atoms with Crippen molar-refractivity contribution in [1.82, 2.24) is 5.32 Å². The molecule has 0 aliphatic carbocycles. The van der Waals surface area contributed by atoms with E-state index in [1.807, 2.05) is 6.07 Å². The molecule has 0 bridgehead atoms. The van der Waals surface area contributed by atoms with Crippen molar-refractivity contribution in [3.63, 3.8) is 0 Å². The van der Waals surface area contributed by atoms with E-state index in [-0.39, 0.29) is 0 Å². The molecule has 0 atom stereocenters. The Morgan fingerprint density at radius 2 is 1.53 bits per heavy atom. The molecule has 0 aliphatic heterocycles. The fourth-order valence-corrected chi connectivity index (χ4v) is 2.41. The fourth-order valence-electron chi connectivity index (χ4n) is 1.57. The van der Waals surface area contributed by atoms with E-state index in [4.69, 9.17) is 0 Å². The summed E-state index contributed by atoms with van der Waals surface area (Å²) in [6, 6.07) is 19.2. The van der Waals surface area contributed by atoms with Crippen molar-refractivity contribution < 1.29 is 0 Å². The Balaban J connectivity index is 1.98. The third-order valence-corrected chi connectivity index (χ3v) is 3.50. The molecule has 0 fully saturated rings. The van der Waals surface area contributed by atoms with Crippen LogP contribution in [0.25, 0.3) is 0 Å². The van der Waals surface area contributed by atoms with Crippen LogP contribution in [0.15, 0.2) is 64.4 Å². The highest BCUT2D eigenvalue weighted by atomic mass is 32.2. The smallest absolute Gasteiger partial charge is 0.0205 e. The molecular formula is C15H17NS. The van der Waals surface area contributed by atoms with Crippen LogP contribution in [0.4, 0.5) is 0 Å². The van der Waals surface area contributed by atoms with Crippen LogP contribution in [-0.4, -0.2) is 6.54 Å². The first-order valence-corrected chi connectivity index (χ1v) is 6.72. The van der Waals surface area contributed by atoms with Gasteiger partial charge in [-0.15, -0.1) is 0 Å². The van der Waals surface area contributed by atoms with E-state index in [1.54, 1.807) is 11.8 Å². The first kappa shape index (κ1) is 12.2. The van der Waals surface area contributed by atoms with E-state index in [2.05, 4.69) is 60.8 Å². The zero-order valence-electron chi connectivity index (χ0n) is 10.0. The van der Waals surface area contributed by atoms with E-state index < -0.39 is 0 Å². The van der Waals surface area contributed by atoms with Gasteiger partial charge in [0.05, 0.1) is 0 Å². The van der Waals surface area contributed by atoms with Crippen molar-refractivity contribution >= 4 is 11.8 Å². The quantitative estimate of drug-likeness (QED) is 0.853. The maximum atomic E-state index is 3.33. The molecule has 2 rings (SSSR count). The summed E-state index contributed by atoms with van der Waals surface area (Å²) in [6.07, 6.45) is 0. The standard InChI is InChI=1S/C15H17NS/c1-2-16-12-13-8-10-15(11-9-13)17-14-6-4-3-5-7-14/h3-11,16H,2,12H2,1H3. The summed E-state index contributed by atoms with van der Waals surface area (Å²) in [7, 11) is 0. The molecule has 0 saturated carbocycles. The van der Waals surface area contributed by atoms with Crippen molar-refractivity contribution in [2.75, 3.05) is 6.54 Å². The third-order valence-electron chi connectivity index (χ3n) is 2.48. The van der Waals surface area contributed by atoms with Crippen LogP contribution in [0, 0.1) is 0 Å². The lowest BCUT2D eigenvalue weighted by molar-refractivity contribution is 0.726. The van der Waals surface area contributed by atoms with Gasteiger partial charge >= 0.3 is 0 Å². The molecule has 17 heavy (non-hydrogen) atoms. The van der Waals surface area contributed by atoms with Gasteiger partial charge in [0, 0.05) is 16.3 Å². The van der Waals surface area contributed by atoms with Gasteiger partial charge in [0.2, 0.25) is 0 Å². The highest BCUT2D eigenvalue weighted by molar-refractivity contribution is 7.99. The van der Waals surface area contributed by atoms with Crippen LogP contribution in [0.1, 0.15) is 12.5 Å². The van der Waals surface area contributed by atoms with Gasteiger partial charge < -0.3 is 5.32 Å². The molecule has 0 amide bonds. The molecule has 2 aromatic rings. The van der Waals surface area contributed by atoms with Crippen molar-refractivity contribution in [2.45, 2.75) is 23.3 Å². The average molecular weight is 243 g/mol. The topological polar surface area (TPSA) is 12.0 Å². The number of hydrogen-bond donors (Lipinski definition) is 1. The van der Waals surface area contributed by atoms with Gasteiger partial charge in [-0.1, -0.05) is 49.0 Å². The maximum Gasteiger partial charge on any atom is 0.0205 e. The Hall–Kier alpha value is -1.25. The Morgan fingerprint density at radius 1 is 0.882 bits per heavy atom. The highest BCUT2D eigenvalue weighted by Crippen LogP contribution is 2.27. The van der Waals surface area contributed by atoms with Crippen LogP contribution in [-0.2, 0) is 6.54 Å². The molecule has 1 nitrogen and oxygen atoms in total. The summed E-state index contributed by atoms with van der Waals surface area (Å²) in [6.45, 7) is 4.09. The third kappa shape index (κ3) is 3.91. The normalized spacial score (nSPS) is 10.4. The summed E-state index contributed by atoms with van der Waals surface area (Å²) in [5, 5.41) is 3.33. The molecule has 0 heterocycles. The number of benzene rings is 2. The minimum absolute atomic E-state index is 0.951. The van der Waals surface area contributed by atoms with Crippen molar-refractivity contribution in [3.8, 4) is 0 Å². The van der Waals surface area contributed by atoms with Crippen molar-refractivity contribution in [2.24, 2.45) is 0 Å². The molecule has 0 aliphatic rings. The maximum absolute atomic E-state index is 3.33. The minimum atomic E-state index is 0.951. The summed E-state index contributed by atoms with van der Waals surface area (Å²) in [5.74, 6) is 0. The number of nitrogens with one attached hydrogen (secondary N) is 1.